The molecule has 1 aliphatic heterocycles. The van der Waals surface area contributed by atoms with Gasteiger partial charge in [0.05, 0.1) is 23.9 Å². The van der Waals surface area contributed by atoms with Gasteiger partial charge in [0, 0.05) is 24.2 Å². The van der Waals surface area contributed by atoms with Crippen LogP contribution in [0.5, 0.6) is 5.75 Å². The monoisotopic (exact) mass is 359 g/mol. The maximum atomic E-state index is 12.5. The molecule has 5 nitrogen and oxygen atoms in total. The first kappa shape index (κ1) is 18.4. The molecule has 136 valence electrons. The van der Waals surface area contributed by atoms with E-state index in [-0.39, 0.29) is 11.7 Å². The number of nitriles is 1. The Labute approximate surface area is 159 Å². The SMILES string of the molecule is Cc1cc(C#CCNc2cc(C#N)ccc2O)ccc1C(=O)N1CCCC1. The van der Waals surface area contributed by atoms with Gasteiger partial charge >= 0.3 is 0 Å². The van der Waals surface area contributed by atoms with Crippen LogP contribution in [0.3, 0.4) is 0 Å². The number of anilines is 1. The molecule has 0 bridgehead atoms. The van der Waals surface area contributed by atoms with Gasteiger partial charge in [-0.15, -0.1) is 0 Å². The number of likely N-dealkylation sites (tertiary alicyclic amines) is 1. The van der Waals surface area contributed by atoms with E-state index in [9.17, 15) is 9.90 Å². The third kappa shape index (κ3) is 4.40. The average Bonchev–Trinajstić information content (AvgIpc) is 3.21. The number of phenols is 1. The Hall–Kier alpha value is -3.44. The van der Waals surface area contributed by atoms with E-state index in [0.717, 1.165) is 42.6 Å². The minimum atomic E-state index is 0.0800. The summed E-state index contributed by atoms with van der Waals surface area (Å²) in [5.41, 5.74) is 3.44. The van der Waals surface area contributed by atoms with Crippen molar-refractivity contribution < 1.29 is 9.90 Å². The van der Waals surface area contributed by atoms with Gasteiger partial charge in [-0.05, 0) is 61.7 Å². The summed E-state index contributed by atoms with van der Waals surface area (Å²) in [6.45, 7) is 3.94. The van der Waals surface area contributed by atoms with Gasteiger partial charge in [-0.2, -0.15) is 5.26 Å². The summed E-state index contributed by atoms with van der Waals surface area (Å²) in [6.07, 6.45) is 2.16. The minimum absolute atomic E-state index is 0.0800. The Kier molecular flexibility index (Phi) is 5.64. The van der Waals surface area contributed by atoms with Crippen LogP contribution >= 0.6 is 0 Å². The van der Waals surface area contributed by atoms with Gasteiger partial charge in [0.25, 0.3) is 5.91 Å². The molecule has 1 fully saturated rings. The molecule has 0 aromatic heterocycles. The lowest BCUT2D eigenvalue weighted by atomic mass is 10.0. The molecule has 27 heavy (non-hydrogen) atoms. The lowest BCUT2D eigenvalue weighted by molar-refractivity contribution is 0.0792. The highest BCUT2D eigenvalue weighted by atomic mass is 16.3. The molecule has 1 heterocycles. The summed E-state index contributed by atoms with van der Waals surface area (Å²) < 4.78 is 0. The molecule has 2 aromatic carbocycles. The lowest BCUT2D eigenvalue weighted by Crippen LogP contribution is -2.28. The number of aromatic hydroxyl groups is 1. The van der Waals surface area contributed by atoms with Crippen LogP contribution in [0.4, 0.5) is 5.69 Å². The molecule has 0 radical (unpaired) electrons. The van der Waals surface area contributed by atoms with Crippen molar-refractivity contribution in [3.8, 4) is 23.7 Å². The van der Waals surface area contributed by atoms with Crippen molar-refractivity contribution in [1.29, 1.82) is 5.26 Å². The molecule has 2 N–H and O–H groups in total. The second-order valence-corrected chi connectivity index (χ2v) is 6.53. The normalized spacial score (nSPS) is 12.8. The summed E-state index contributed by atoms with van der Waals surface area (Å²) in [5, 5.41) is 21.7. The fourth-order valence-electron chi connectivity index (χ4n) is 3.10. The molecule has 0 aliphatic carbocycles. The summed E-state index contributed by atoms with van der Waals surface area (Å²) >= 11 is 0. The van der Waals surface area contributed by atoms with Crippen molar-refractivity contribution in [3.63, 3.8) is 0 Å². The number of benzene rings is 2. The van der Waals surface area contributed by atoms with Crippen molar-refractivity contribution in [2.75, 3.05) is 25.0 Å². The minimum Gasteiger partial charge on any atom is -0.506 e. The second kappa shape index (κ2) is 8.29. The Morgan fingerprint density at radius 3 is 2.63 bits per heavy atom. The van der Waals surface area contributed by atoms with E-state index in [1.807, 2.05) is 36.1 Å². The Morgan fingerprint density at radius 1 is 1.19 bits per heavy atom. The predicted molar refractivity (Wildman–Crippen MR) is 105 cm³/mol. The van der Waals surface area contributed by atoms with Gasteiger partial charge in [-0.3, -0.25) is 4.79 Å². The third-order valence-electron chi connectivity index (χ3n) is 4.58. The van der Waals surface area contributed by atoms with Gasteiger partial charge in [0.1, 0.15) is 5.75 Å². The zero-order chi connectivity index (χ0) is 19.2. The molecule has 5 heteroatoms. The summed E-state index contributed by atoms with van der Waals surface area (Å²) in [4.78, 5) is 14.4. The van der Waals surface area contributed by atoms with E-state index in [0.29, 0.717) is 17.8 Å². The number of hydrogen-bond acceptors (Lipinski definition) is 4. The lowest BCUT2D eigenvalue weighted by Gasteiger charge is -2.16. The summed E-state index contributed by atoms with van der Waals surface area (Å²) in [5.74, 6) is 6.23. The highest BCUT2D eigenvalue weighted by Crippen LogP contribution is 2.23. The number of carbonyl (C=O) groups excluding carboxylic acids is 1. The number of phenolic OH excluding ortho intramolecular Hbond substituents is 1. The predicted octanol–water partition coefficient (Wildman–Crippen LogP) is 3.27. The zero-order valence-corrected chi connectivity index (χ0v) is 15.2. The molecule has 1 aliphatic rings. The molecular formula is C22H21N3O2. The number of carbonyl (C=O) groups is 1. The van der Waals surface area contributed by atoms with Gasteiger partial charge in [0.15, 0.2) is 0 Å². The molecular weight excluding hydrogens is 338 g/mol. The van der Waals surface area contributed by atoms with Gasteiger partial charge in [0.2, 0.25) is 0 Å². The van der Waals surface area contributed by atoms with Crippen LogP contribution in [0.25, 0.3) is 0 Å². The smallest absolute Gasteiger partial charge is 0.254 e. The van der Waals surface area contributed by atoms with Gasteiger partial charge in [-0.1, -0.05) is 11.8 Å². The van der Waals surface area contributed by atoms with Crippen LogP contribution in [0.2, 0.25) is 0 Å². The van der Waals surface area contributed by atoms with Crippen molar-refractivity contribution in [1.82, 2.24) is 4.90 Å². The third-order valence-corrected chi connectivity index (χ3v) is 4.58. The first-order valence-electron chi connectivity index (χ1n) is 8.94. The van der Waals surface area contributed by atoms with E-state index in [2.05, 4.69) is 17.2 Å². The van der Waals surface area contributed by atoms with E-state index >= 15 is 0 Å². The van der Waals surface area contributed by atoms with Crippen LogP contribution in [-0.4, -0.2) is 35.5 Å². The molecule has 0 unspecified atom stereocenters. The molecule has 0 spiro atoms. The van der Waals surface area contributed by atoms with Crippen LogP contribution in [-0.2, 0) is 0 Å². The number of rotatable bonds is 3. The number of hydrogen-bond donors (Lipinski definition) is 2. The molecule has 3 rings (SSSR count). The van der Waals surface area contributed by atoms with E-state index in [4.69, 9.17) is 5.26 Å². The topological polar surface area (TPSA) is 76.4 Å². The standard InChI is InChI=1S/C22H21N3O2/c1-16-13-17(6-8-19(16)22(27)25-11-2-3-12-25)5-4-10-24-20-14-18(15-23)7-9-21(20)26/h6-9,13-14,24,26H,2-3,10-12H2,1H3. The molecule has 0 atom stereocenters. The molecule has 1 amide bonds. The maximum Gasteiger partial charge on any atom is 0.254 e. The average molecular weight is 359 g/mol. The van der Waals surface area contributed by atoms with Crippen LogP contribution in [0.15, 0.2) is 36.4 Å². The highest BCUT2D eigenvalue weighted by Gasteiger charge is 2.20. The quantitative estimate of drug-likeness (QED) is 0.651. The number of nitrogens with zero attached hydrogens (tertiary/aromatic N) is 2. The molecule has 0 saturated carbocycles. The first-order valence-corrected chi connectivity index (χ1v) is 8.94. The van der Waals surface area contributed by atoms with Gasteiger partial charge < -0.3 is 15.3 Å². The Morgan fingerprint density at radius 2 is 1.93 bits per heavy atom. The maximum absolute atomic E-state index is 12.5. The summed E-state index contributed by atoms with van der Waals surface area (Å²) in [7, 11) is 0. The van der Waals surface area contributed by atoms with Crippen LogP contribution < -0.4 is 5.32 Å². The van der Waals surface area contributed by atoms with Crippen molar-refractivity contribution >= 4 is 11.6 Å². The number of aryl methyl sites for hydroxylation is 1. The van der Waals surface area contributed by atoms with E-state index in [1.165, 1.54) is 6.07 Å². The van der Waals surface area contributed by atoms with Crippen molar-refractivity contribution in [3.05, 3.63) is 58.7 Å². The van der Waals surface area contributed by atoms with E-state index in [1.54, 1.807) is 12.1 Å². The second-order valence-electron chi connectivity index (χ2n) is 6.53. The summed E-state index contributed by atoms with van der Waals surface area (Å²) in [6, 6.07) is 12.3. The van der Waals surface area contributed by atoms with Crippen LogP contribution in [0, 0.1) is 30.1 Å². The fraction of sp³-hybridized carbons (Fsp3) is 0.273. The number of nitrogens with one attached hydrogen (secondary N) is 1. The van der Waals surface area contributed by atoms with Crippen LogP contribution in [0.1, 0.15) is 39.9 Å². The van der Waals surface area contributed by atoms with Gasteiger partial charge in [-0.25, -0.2) is 0 Å². The highest BCUT2D eigenvalue weighted by molar-refractivity contribution is 5.96. The first-order chi connectivity index (χ1) is 13.1. The molecule has 2 aromatic rings. The Balaban J connectivity index is 1.64. The van der Waals surface area contributed by atoms with Crippen molar-refractivity contribution in [2.24, 2.45) is 0 Å². The van der Waals surface area contributed by atoms with E-state index < -0.39 is 0 Å². The largest absolute Gasteiger partial charge is 0.506 e. The zero-order valence-electron chi connectivity index (χ0n) is 15.2. The Bertz CT molecular complexity index is 958. The van der Waals surface area contributed by atoms with Crippen molar-refractivity contribution in [2.45, 2.75) is 19.8 Å². The fourth-order valence-corrected chi connectivity index (χ4v) is 3.10. The molecule has 1 saturated heterocycles. The number of amides is 1.